The quantitative estimate of drug-likeness (QED) is 0.784. The fourth-order valence-electron chi connectivity index (χ4n) is 2.10. The van der Waals surface area contributed by atoms with E-state index in [1.54, 1.807) is 0 Å². The Bertz CT molecular complexity index is 512. The first-order chi connectivity index (χ1) is 8.81. The minimum atomic E-state index is 0.850. The van der Waals surface area contributed by atoms with Gasteiger partial charge in [0.05, 0.1) is 0 Å². The van der Waals surface area contributed by atoms with Crippen molar-refractivity contribution >= 4 is 28.3 Å². The molecule has 1 nitrogen and oxygen atoms in total. The molecule has 1 fully saturated rings. The average Bonchev–Trinajstić information content (AvgIpc) is 3.23. The molecule has 1 aliphatic carbocycles. The van der Waals surface area contributed by atoms with Crippen LogP contribution in [0.5, 0.6) is 0 Å². The molecule has 2 aromatic carbocycles. The topological polar surface area (TPSA) is 12.0 Å². The molecule has 92 valence electrons. The summed E-state index contributed by atoms with van der Waals surface area (Å²) in [5.41, 5.74) is 4.03. The Morgan fingerprint density at radius 2 is 1.61 bits per heavy atom. The molecule has 0 aliphatic heterocycles. The zero-order valence-corrected chi connectivity index (χ0v) is 12.4. The summed E-state index contributed by atoms with van der Waals surface area (Å²) in [4.78, 5) is 0. The van der Waals surface area contributed by atoms with Gasteiger partial charge in [-0.05, 0) is 76.7 Å². The van der Waals surface area contributed by atoms with Crippen LogP contribution < -0.4 is 5.32 Å². The first kappa shape index (κ1) is 12.0. The van der Waals surface area contributed by atoms with E-state index in [-0.39, 0.29) is 0 Å². The van der Waals surface area contributed by atoms with E-state index in [9.17, 15) is 0 Å². The minimum Gasteiger partial charge on any atom is -0.381 e. The van der Waals surface area contributed by atoms with Crippen molar-refractivity contribution in [3.8, 4) is 0 Å². The number of hydrogen-bond donors (Lipinski definition) is 1. The van der Waals surface area contributed by atoms with Gasteiger partial charge in [-0.25, -0.2) is 0 Å². The smallest absolute Gasteiger partial charge is 0.0400 e. The van der Waals surface area contributed by atoms with Gasteiger partial charge in [0.1, 0.15) is 0 Å². The summed E-state index contributed by atoms with van der Waals surface area (Å²) in [6.07, 6.45) is 2.75. The largest absolute Gasteiger partial charge is 0.381 e. The number of rotatable bonds is 4. The van der Waals surface area contributed by atoms with Gasteiger partial charge < -0.3 is 5.32 Å². The lowest BCUT2D eigenvalue weighted by Crippen LogP contribution is -1.99. The molecule has 1 aliphatic rings. The summed E-state index contributed by atoms with van der Waals surface area (Å²) in [5, 5.41) is 3.45. The number of anilines is 1. The van der Waals surface area contributed by atoms with Crippen LogP contribution in [0.1, 0.15) is 29.9 Å². The molecule has 0 amide bonds. The van der Waals surface area contributed by atoms with Crippen molar-refractivity contribution in [2.24, 2.45) is 0 Å². The first-order valence-electron chi connectivity index (χ1n) is 6.39. The van der Waals surface area contributed by atoms with Crippen LogP contribution in [0.2, 0.25) is 0 Å². The zero-order valence-electron chi connectivity index (χ0n) is 10.2. The van der Waals surface area contributed by atoms with E-state index < -0.39 is 0 Å². The molecule has 0 unspecified atom stereocenters. The summed E-state index contributed by atoms with van der Waals surface area (Å²) in [7, 11) is 0. The molecular formula is C16H16IN. The fraction of sp³-hybridized carbons (Fsp3) is 0.250. The number of benzene rings is 2. The molecular weight excluding hydrogens is 333 g/mol. The van der Waals surface area contributed by atoms with Crippen molar-refractivity contribution in [2.75, 3.05) is 5.32 Å². The van der Waals surface area contributed by atoms with Gasteiger partial charge in [0.25, 0.3) is 0 Å². The van der Waals surface area contributed by atoms with Crippen molar-refractivity contribution in [3.05, 3.63) is 63.2 Å². The Morgan fingerprint density at radius 1 is 0.944 bits per heavy atom. The third-order valence-electron chi connectivity index (χ3n) is 3.37. The SMILES string of the molecule is Ic1ccc(NCc2ccc(C3CC3)cc2)cc1. The van der Waals surface area contributed by atoms with E-state index in [0.29, 0.717) is 0 Å². The number of hydrogen-bond acceptors (Lipinski definition) is 1. The first-order valence-corrected chi connectivity index (χ1v) is 7.47. The average molecular weight is 349 g/mol. The number of nitrogens with one attached hydrogen (secondary N) is 1. The third kappa shape index (κ3) is 3.05. The highest BCUT2D eigenvalue weighted by molar-refractivity contribution is 14.1. The van der Waals surface area contributed by atoms with Gasteiger partial charge in [-0.15, -0.1) is 0 Å². The molecule has 3 rings (SSSR count). The lowest BCUT2D eigenvalue weighted by Gasteiger charge is -2.07. The van der Waals surface area contributed by atoms with E-state index in [1.165, 1.54) is 33.2 Å². The fourth-order valence-corrected chi connectivity index (χ4v) is 2.46. The van der Waals surface area contributed by atoms with Crippen LogP contribution in [0.4, 0.5) is 5.69 Å². The molecule has 2 aromatic rings. The third-order valence-corrected chi connectivity index (χ3v) is 4.09. The van der Waals surface area contributed by atoms with Gasteiger partial charge in [0, 0.05) is 15.8 Å². The summed E-state index contributed by atoms with van der Waals surface area (Å²) in [6, 6.07) is 17.5. The number of halogens is 1. The summed E-state index contributed by atoms with van der Waals surface area (Å²) in [5.74, 6) is 0.850. The molecule has 0 atom stereocenters. The van der Waals surface area contributed by atoms with E-state index >= 15 is 0 Å². The van der Waals surface area contributed by atoms with Crippen molar-refractivity contribution in [1.82, 2.24) is 0 Å². The molecule has 0 aromatic heterocycles. The van der Waals surface area contributed by atoms with Crippen LogP contribution in [0.15, 0.2) is 48.5 Å². The Morgan fingerprint density at radius 3 is 2.22 bits per heavy atom. The molecule has 1 N–H and O–H groups in total. The highest BCUT2D eigenvalue weighted by Crippen LogP contribution is 2.39. The lowest BCUT2D eigenvalue weighted by atomic mass is 10.1. The van der Waals surface area contributed by atoms with Crippen LogP contribution >= 0.6 is 22.6 Å². The Labute approximate surface area is 122 Å². The molecule has 0 bridgehead atoms. The van der Waals surface area contributed by atoms with Gasteiger partial charge in [-0.2, -0.15) is 0 Å². The Kier molecular flexibility index (Phi) is 3.55. The molecule has 0 radical (unpaired) electrons. The van der Waals surface area contributed by atoms with Crippen molar-refractivity contribution in [1.29, 1.82) is 0 Å². The lowest BCUT2D eigenvalue weighted by molar-refractivity contribution is 1.10. The predicted molar refractivity (Wildman–Crippen MR) is 84.9 cm³/mol. The molecule has 18 heavy (non-hydrogen) atoms. The highest BCUT2D eigenvalue weighted by atomic mass is 127. The van der Waals surface area contributed by atoms with Crippen LogP contribution in [-0.4, -0.2) is 0 Å². The van der Waals surface area contributed by atoms with Crippen LogP contribution in [0.25, 0.3) is 0 Å². The van der Waals surface area contributed by atoms with E-state index in [0.717, 1.165) is 12.5 Å². The Hall–Kier alpha value is -1.03. The van der Waals surface area contributed by atoms with Gasteiger partial charge in [-0.3, -0.25) is 0 Å². The molecule has 0 heterocycles. The molecule has 1 saturated carbocycles. The van der Waals surface area contributed by atoms with Gasteiger partial charge >= 0.3 is 0 Å². The highest BCUT2D eigenvalue weighted by Gasteiger charge is 2.22. The second-order valence-corrected chi connectivity index (χ2v) is 6.12. The van der Waals surface area contributed by atoms with Crippen LogP contribution in [0, 0.1) is 3.57 Å². The zero-order chi connectivity index (χ0) is 12.4. The second-order valence-electron chi connectivity index (χ2n) is 4.88. The monoisotopic (exact) mass is 349 g/mol. The molecule has 2 heteroatoms. The van der Waals surface area contributed by atoms with Crippen LogP contribution in [0.3, 0.4) is 0 Å². The standard InChI is InChI=1S/C16H16IN/c17-15-7-9-16(10-8-15)18-11-12-1-3-13(4-2-12)14-5-6-14/h1-4,7-10,14,18H,5-6,11H2. The normalized spacial score (nSPS) is 14.5. The van der Waals surface area contributed by atoms with Crippen LogP contribution in [-0.2, 0) is 6.54 Å². The summed E-state index contributed by atoms with van der Waals surface area (Å²) < 4.78 is 1.27. The minimum absolute atomic E-state index is 0.850. The molecule has 0 spiro atoms. The van der Waals surface area contributed by atoms with Gasteiger partial charge in [0.15, 0.2) is 0 Å². The Balaban J connectivity index is 1.60. The van der Waals surface area contributed by atoms with E-state index in [1.807, 2.05) is 0 Å². The summed E-state index contributed by atoms with van der Waals surface area (Å²) >= 11 is 2.32. The second kappa shape index (κ2) is 5.31. The van der Waals surface area contributed by atoms with Gasteiger partial charge in [-0.1, -0.05) is 24.3 Å². The molecule has 0 saturated heterocycles. The maximum atomic E-state index is 3.45. The van der Waals surface area contributed by atoms with Crippen molar-refractivity contribution < 1.29 is 0 Å². The summed E-state index contributed by atoms with van der Waals surface area (Å²) in [6.45, 7) is 0.894. The predicted octanol–water partition coefficient (Wildman–Crippen LogP) is 4.78. The maximum absolute atomic E-state index is 3.45. The van der Waals surface area contributed by atoms with Crippen molar-refractivity contribution in [3.63, 3.8) is 0 Å². The van der Waals surface area contributed by atoms with Crippen molar-refractivity contribution in [2.45, 2.75) is 25.3 Å². The van der Waals surface area contributed by atoms with E-state index in [4.69, 9.17) is 0 Å². The maximum Gasteiger partial charge on any atom is 0.0400 e. The van der Waals surface area contributed by atoms with E-state index in [2.05, 4.69) is 76.4 Å². The van der Waals surface area contributed by atoms with Gasteiger partial charge in [0.2, 0.25) is 0 Å².